The Bertz CT molecular complexity index is 364. The monoisotopic (exact) mass is 218 g/mol. The highest BCUT2D eigenvalue weighted by atomic mass is 16.2. The topological polar surface area (TPSA) is 46.3 Å². The van der Waals surface area contributed by atoms with Crippen LogP contribution in [0.4, 0.5) is 0 Å². The number of carbonyl (C=O) groups excluding carboxylic acids is 1. The lowest BCUT2D eigenvalue weighted by Gasteiger charge is -2.19. The first-order chi connectivity index (χ1) is 7.72. The maximum absolute atomic E-state index is 12.0. The standard InChI is InChI=1S/C13H18N2O/c1-2-5-12(14)13(16)15-8-10-6-3-4-7-11(10)9-15/h3-4,6-7,12H,2,5,8-9,14H2,1H3/t12-/m0/s1. The van der Waals surface area contributed by atoms with Gasteiger partial charge >= 0.3 is 0 Å². The molecule has 1 aromatic rings. The van der Waals surface area contributed by atoms with Crippen molar-refractivity contribution < 1.29 is 4.79 Å². The van der Waals surface area contributed by atoms with Gasteiger partial charge in [0.25, 0.3) is 0 Å². The first-order valence-electron chi connectivity index (χ1n) is 5.83. The molecule has 1 heterocycles. The number of hydrogen-bond donors (Lipinski definition) is 1. The number of amides is 1. The summed E-state index contributed by atoms with van der Waals surface area (Å²) in [6, 6.07) is 7.85. The molecular formula is C13H18N2O. The molecule has 1 aliphatic rings. The van der Waals surface area contributed by atoms with Crippen molar-refractivity contribution in [3.05, 3.63) is 35.4 Å². The minimum atomic E-state index is -0.334. The fraction of sp³-hybridized carbons (Fsp3) is 0.462. The lowest BCUT2D eigenvalue weighted by atomic mass is 10.1. The Hall–Kier alpha value is -1.35. The molecule has 0 spiro atoms. The molecule has 86 valence electrons. The molecule has 16 heavy (non-hydrogen) atoms. The van der Waals surface area contributed by atoms with Gasteiger partial charge in [-0.25, -0.2) is 0 Å². The van der Waals surface area contributed by atoms with Gasteiger partial charge in [-0.2, -0.15) is 0 Å². The van der Waals surface area contributed by atoms with E-state index in [2.05, 4.69) is 12.1 Å². The van der Waals surface area contributed by atoms with Crippen LogP contribution in [-0.2, 0) is 17.9 Å². The van der Waals surface area contributed by atoms with Gasteiger partial charge in [0.15, 0.2) is 0 Å². The Kier molecular flexibility index (Phi) is 3.25. The fourth-order valence-electron chi connectivity index (χ4n) is 2.16. The van der Waals surface area contributed by atoms with Crippen LogP contribution < -0.4 is 5.73 Å². The molecule has 0 saturated heterocycles. The molecule has 0 fully saturated rings. The van der Waals surface area contributed by atoms with Gasteiger partial charge < -0.3 is 10.6 Å². The van der Waals surface area contributed by atoms with Crippen molar-refractivity contribution in [3.63, 3.8) is 0 Å². The summed E-state index contributed by atoms with van der Waals surface area (Å²) >= 11 is 0. The van der Waals surface area contributed by atoms with Crippen LogP contribution in [0.5, 0.6) is 0 Å². The second-order valence-corrected chi connectivity index (χ2v) is 4.36. The van der Waals surface area contributed by atoms with Crippen LogP contribution in [0.1, 0.15) is 30.9 Å². The predicted molar refractivity (Wildman–Crippen MR) is 63.6 cm³/mol. The van der Waals surface area contributed by atoms with Gasteiger partial charge in [0, 0.05) is 13.1 Å². The third kappa shape index (κ3) is 2.09. The number of nitrogens with zero attached hydrogens (tertiary/aromatic N) is 1. The quantitative estimate of drug-likeness (QED) is 0.838. The van der Waals surface area contributed by atoms with E-state index in [0.29, 0.717) is 13.1 Å². The zero-order valence-corrected chi connectivity index (χ0v) is 9.65. The molecule has 1 amide bonds. The van der Waals surface area contributed by atoms with Crippen molar-refractivity contribution in [2.75, 3.05) is 0 Å². The number of carbonyl (C=O) groups is 1. The van der Waals surface area contributed by atoms with Crippen molar-refractivity contribution in [2.24, 2.45) is 5.73 Å². The minimum Gasteiger partial charge on any atom is -0.333 e. The van der Waals surface area contributed by atoms with Gasteiger partial charge in [-0.3, -0.25) is 4.79 Å². The van der Waals surface area contributed by atoms with E-state index in [-0.39, 0.29) is 11.9 Å². The summed E-state index contributed by atoms with van der Waals surface area (Å²) < 4.78 is 0. The maximum Gasteiger partial charge on any atom is 0.240 e. The second-order valence-electron chi connectivity index (χ2n) is 4.36. The molecule has 0 radical (unpaired) electrons. The summed E-state index contributed by atoms with van der Waals surface area (Å²) in [4.78, 5) is 13.9. The largest absolute Gasteiger partial charge is 0.333 e. The average Bonchev–Trinajstić information content (AvgIpc) is 2.71. The highest BCUT2D eigenvalue weighted by Gasteiger charge is 2.26. The van der Waals surface area contributed by atoms with E-state index in [1.165, 1.54) is 11.1 Å². The number of nitrogens with two attached hydrogens (primary N) is 1. The fourth-order valence-corrected chi connectivity index (χ4v) is 2.16. The molecule has 0 aromatic heterocycles. The van der Waals surface area contributed by atoms with Crippen molar-refractivity contribution >= 4 is 5.91 Å². The summed E-state index contributed by atoms with van der Waals surface area (Å²) in [6.45, 7) is 3.48. The van der Waals surface area contributed by atoms with E-state index in [0.717, 1.165) is 12.8 Å². The van der Waals surface area contributed by atoms with E-state index < -0.39 is 0 Å². The number of hydrogen-bond acceptors (Lipinski definition) is 2. The summed E-state index contributed by atoms with van der Waals surface area (Å²) in [7, 11) is 0. The molecule has 3 heteroatoms. The maximum atomic E-state index is 12.0. The van der Waals surface area contributed by atoms with Crippen LogP contribution >= 0.6 is 0 Å². The van der Waals surface area contributed by atoms with Crippen LogP contribution in [0.25, 0.3) is 0 Å². The smallest absolute Gasteiger partial charge is 0.240 e. The van der Waals surface area contributed by atoms with Crippen LogP contribution in [0, 0.1) is 0 Å². The predicted octanol–water partition coefficient (Wildman–Crippen LogP) is 1.66. The Labute approximate surface area is 96.2 Å². The van der Waals surface area contributed by atoms with Gasteiger partial charge in [-0.05, 0) is 17.5 Å². The van der Waals surface area contributed by atoms with Crippen LogP contribution in [0.2, 0.25) is 0 Å². The van der Waals surface area contributed by atoms with Gasteiger partial charge in [0.05, 0.1) is 6.04 Å². The number of benzene rings is 1. The molecule has 2 rings (SSSR count). The Morgan fingerprint density at radius 2 is 1.94 bits per heavy atom. The number of fused-ring (bicyclic) bond motifs is 1. The van der Waals surface area contributed by atoms with Crippen molar-refractivity contribution in [1.82, 2.24) is 4.90 Å². The van der Waals surface area contributed by atoms with E-state index in [1.54, 1.807) is 0 Å². The highest BCUT2D eigenvalue weighted by molar-refractivity contribution is 5.82. The van der Waals surface area contributed by atoms with E-state index in [1.807, 2.05) is 24.0 Å². The molecule has 1 atom stereocenters. The van der Waals surface area contributed by atoms with E-state index >= 15 is 0 Å². The first kappa shape index (κ1) is 11.1. The Morgan fingerprint density at radius 3 is 2.44 bits per heavy atom. The average molecular weight is 218 g/mol. The molecular weight excluding hydrogens is 200 g/mol. The van der Waals surface area contributed by atoms with E-state index in [9.17, 15) is 4.79 Å². The first-order valence-corrected chi connectivity index (χ1v) is 5.83. The number of rotatable bonds is 3. The third-order valence-corrected chi connectivity index (χ3v) is 3.07. The molecule has 1 aliphatic heterocycles. The minimum absolute atomic E-state index is 0.0815. The molecule has 0 bridgehead atoms. The Morgan fingerprint density at radius 1 is 1.38 bits per heavy atom. The summed E-state index contributed by atoms with van der Waals surface area (Å²) in [6.07, 6.45) is 1.72. The van der Waals surface area contributed by atoms with Crippen molar-refractivity contribution in [1.29, 1.82) is 0 Å². The van der Waals surface area contributed by atoms with Crippen LogP contribution in [0.3, 0.4) is 0 Å². The zero-order valence-electron chi connectivity index (χ0n) is 9.65. The van der Waals surface area contributed by atoms with Gasteiger partial charge in [0.1, 0.15) is 0 Å². The molecule has 0 saturated carbocycles. The SMILES string of the molecule is CCC[C@H](N)C(=O)N1Cc2ccccc2C1. The third-order valence-electron chi connectivity index (χ3n) is 3.07. The van der Waals surface area contributed by atoms with E-state index in [4.69, 9.17) is 5.73 Å². The van der Waals surface area contributed by atoms with Crippen molar-refractivity contribution in [3.8, 4) is 0 Å². The molecule has 1 aromatic carbocycles. The van der Waals surface area contributed by atoms with Crippen molar-refractivity contribution in [2.45, 2.75) is 38.9 Å². The van der Waals surface area contributed by atoms with Crippen LogP contribution in [0.15, 0.2) is 24.3 Å². The van der Waals surface area contributed by atoms with Gasteiger partial charge in [0.2, 0.25) is 5.91 Å². The molecule has 0 unspecified atom stereocenters. The Balaban J connectivity index is 2.03. The lowest BCUT2D eigenvalue weighted by molar-refractivity contribution is -0.133. The second kappa shape index (κ2) is 4.66. The van der Waals surface area contributed by atoms with Gasteiger partial charge in [-0.1, -0.05) is 37.6 Å². The molecule has 0 aliphatic carbocycles. The summed E-state index contributed by atoms with van der Waals surface area (Å²) in [5.41, 5.74) is 8.35. The highest BCUT2D eigenvalue weighted by Crippen LogP contribution is 2.22. The lowest BCUT2D eigenvalue weighted by Crippen LogP contribution is -2.41. The normalized spacial score (nSPS) is 16.0. The zero-order chi connectivity index (χ0) is 11.5. The van der Waals surface area contributed by atoms with Crippen LogP contribution in [-0.4, -0.2) is 16.8 Å². The summed E-state index contributed by atoms with van der Waals surface area (Å²) in [5, 5.41) is 0. The van der Waals surface area contributed by atoms with Gasteiger partial charge in [-0.15, -0.1) is 0 Å². The molecule has 3 nitrogen and oxygen atoms in total. The molecule has 2 N–H and O–H groups in total. The summed E-state index contributed by atoms with van der Waals surface area (Å²) in [5.74, 6) is 0.0815.